The van der Waals surface area contributed by atoms with E-state index in [9.17, 15) is 9.59 Å². The third kappa shape index (κ3) is 3.98. The molecule has 0 radical (unpaired) electrons. The van der Waals surface area contributed by atoms with Gasteiger partial charge in [-0.15, -0.1) is 0 Å². The predicted molar refractivity (Wildman–Crippen MR) is 79.3 cm³/mol. The standard InChI is InChI=1S/C15H22N2O3/c1-5-6-11(3)17(4)15(20)16-13-9-12(14(18)19)8-7-10(13)2/h7-9,11H,5-6H2,1-4H3,(H,16,20)(H,18,19). The van der Waals surface area contributed by atoms with Gasteiger partial charge in [0.25, 0.3) is 0 Å². The number of aromatic carboxylic acids is 1. The first-order chi connectivity index (χ1) is 9.36. The molecule has 0 aliphatic heterocycles. The molecule has 0 aromatic heterocycles. The second kappa shape index (κ2) is 6.93. The summed E-state index contributed by atoms with van der Waals surface area (Å²) in [7, 11) is 1.74. The summed E-state index contributed by atoms with van der Waals surface area (Å²) in [5.41, 5.74) is 1.53. The van der Waals surface area contributed by atoms with Crippen LogP contribution in [0.3, 0.4) is 0 Å². The number of amides is 2. The number of carboxylic acid groups (broad SMARTS) is 1. The third-order valence-electron chi connectivity index (χ3n) is 3.41. The third-order valence-corrected chi connectivity index (χ3v) is 3.41. The summed E-state index contributed by atoms with van der Waals surface area (Å²) in [5, 5.41) is 11.7. The van der Waals surface area contributed by atoms with Gasteiger partial charge in [-0.2, -0.15) is 0 Å². The zero-order valence-corrected chi connectivity index (χ0v) is 12.4. The van der Waals surface area contributed by atoms with Crippen molar-refractivity contribution in [3.05, 3.63) is 29.3 Å². The Labute approximate surface area is 119 Å². The second-order valence-electron chi connectivity index (χ2n) is 5.01. The first kappa shape index (κ1) is 16.0. The van der Waals surface area contributed by atoms with Crippen molar-refractivity contribution in [2.75, 3.05) is 12.4 Å². The Morgan fingerprint density at radius 1 is 1.40 bits per heavy atom. The summed E-state index contributed by atoms with van der Waals surface area (Å²) < 4.78 is 0. The van der Waals surface area contributed by atoms with E-state index in [1.54, 1.807) is 18.0 Å². The van der Waals surface area contributed by atoms with E-state index in [0.29, 0.717) is 5.69 Å². The van der Waals surface area contributed by atoms with E-state index in [1.165, 1.54) is 12.1 Å². The molecule has 0 spiro atoms. The molecule has 0 heterocycles. The summed E-state index contributed by atoms with van der Waals surface area (Å²) in [4.78, 5) is 24.7. The topological polar surface area (TPSA) is 69.6 Å². The lowest BCUT2D eigenvalue weighted by atomic mass is 10.1. The molecule has 0 aliphatic carbocycles. The van der Waals surface area contributed by atoms with Gasteiger partial charge in [-0.25, -0.2) is 9.59 Å². The number of carbonyl (C=O) groups excluding carboxylic acids is 1. The number of nitrogens with zero attached hydrogens (tertiary/aromatic N) is 1. The fraction of sp³-hybridized carbons (Fsp3) is 0.467. The van der Waals surface area contributed by atoms with Crippen molar-refractivity contribution < 1.29 is 14.7 Å². The highest BCUT2D eigenvalue weighted by molar-refractivity contribution is 5.94. The van der Waals surface area contributed by atoms with Gasteiger partial charge >= 0.3 is 12.0 Å². The predicted octanol–water partition coefficient (Wildman–Crippen LogP) is 3.35. The monoisotopic (exact) mass is 278 g/mol. The minimum atomic E-state index is -1.01. The summed E-state index contributed by atoms with van der Waals surface area (Å²) in [5.74, 6) is -1.01. The average molecular weight is 278 g/mol. The molecular weight excluding hydrogens is 256 g/mol. The fourth-order valence-corrected chi connectivity index (χ4v) is 1.90. The van der Waals surface area contributed by atoms with Crippen molar-refractivity contribution in [2.24, 2.45) is 0 Å². The van der Waals surface area contributed by atoms with Crippen LogP contribution in [-0.4, -0.2) is 35.1 Å². The molecule has 1 unspecified atom stereocenters. The van der Waals surface area contributed by atoms with Gasteiger partial charge in [0, 0.05) is 18.8 Å². The average Bonchev–Trinajstić information content (AvgIpc) is 2.40. The van der Waals surface area contributed by atoms with E-state index in [1.807, 2.05) is 13.8 Å². The van der Waals surface area contributed by atoms with Crippen molar-refractivity contribution in [2.45, 2.75) is 39.7 Å². The Balaban J connectivity index is 2.84. The first-order valence-electron chi connectivity index (χ1n) is 6.74. The molecule has 1 aromatic rings. The van der Waals surface area contributed by atoms with E-state index in [-0.39, 0.29) is 17.6 Å². The maximum absolute atomic E-state index is 12.1. The zero-order chi connectivity index (χ0) is 15.3. The van der Waals surface area contributed by atoms with E-state index >= 15 is 0 Å². The SMILES string of the molecule is CCCC(C)N(C)C(=O)Nc1cc(C(=O)O)ccc1C. The summed E-state index contributed by atoms with van der Waals surface area (Å²) in [6, 6.07) is 4.61. The first-order valence-corrected chi connectivity index (χ1v) is 6.74. The summed E-state index contributed by atoms with van der Waals surface area (Å²) in [6.45, 7) is 5.89. The number of anilines is 1. The Kier molecular flexibility index (Phi) is 5.55. The van der Waals surface area contributed by atoms with Crippen LogP contribution in [0.4, 0.5) is 10.5 Å². The van der Waals surface area contributed by atoms with Crippen molar-refractivity contribution in [1.29, 1.82) is 0 Å². The van der Waals surface area contributed by atoms with Gasteiger partial charge in [0.2, 0.25) is 0 Å². The molecule has 2 amide bonds. The molecule has 1 atom stereocenters. The fourth-order valence-electron chi connectivity index (χ4n) is 1.90. The Bertz CT molecular complexity index is 500. The summed E-state index contributed by atoms with van der Waals surface area (Å²) in [6.07, 6.45) is 1.93. The van der Waals surface area contributed by atoms with Crippen molar-refractivity contribution >= 4 is 17.7 Å². The van der Waals surface area contributed by atoms with E-state index in [4.69, 9.17) is 5.11 Å². The number of hydrogen-bond acceptors (Lipinski definition) is 2. The van der Waals surface area contributed by atoms with Crippen LogP contribution in [0, 0.1) is 6.92 Å². The number of benzene rings is 1. The van der Waals surface area contributed by atoms with Gasteiger partial charge < -0.3 is 15.3 Å². The maximum Gasteiger partial charge on any atom is 0.335 e. The molecule has 5 nitrogen and oxygen atoms in total. The van der Waals surface area contributed by atoms with Gasteiger partial charge in [0.15, 0.2) is 0 Å². The lowest BCUT2D eigenvalue weighted by molar-refractivity contribution is 0.0697. The van der Waals surface area contributed by atoms with Crippen molar-refractivity contribution in [3.63, 3.8) is 0 Å². The molecule has 1 aromatic carbocycles. The number of rotatable bonds is 5. The summed E-state index contributed by atoms with van der Waals surface area (Å²) >= 11 is 0. The molecule has 0 saturated heterocycles. The lowest BCUT2D eigenvalue weighted by Gasteiger charge is -2.25. The highest BCUT2D eigenvalue weighted by Gasteiger charge is 2.16. The van der Waals surface area contributed by atoms with Crippen LogP contribution in [-0.2, 0) is 0 Å². The van der Waals surface area contributed by atoms with Crippen molar-refractivity contribution in [1.82, 2.24) is 4.90 Å². The van der Waals surface area contributed by atoms with Crippen LogP contribution in [0.2, 0.25) is 0 Å². The van der Waals surface area contributed by atoms with Gasteiger partial charge in [-0.1, -0.05) is 19.4 Å². The van der Waals surface area contributed by atoms with Crippen molar-refractivity contribution in [3.8, 4) is 0 Å². The van der Waals surface area contributed by atoms with Gasteiger partial charge in [0.05, 0.1) is 5.56 Å². The molecule has 1 rings (SSSR count). The Hall–Kier alpha value is -2.04. The smallest absolute Gasteiger partial charge is 0.335 e. The number of carbonyl (C=O) groups is 2. The molecule has 110 valence electrons. The van der Waals surface area contributed by atoms with Gasteiger partial charge in [-0.3, -0.25) is 0 Å². The molecular formula is C15H22N2O3. The molecule has 0 fully saturated rings. The molecule has 2 N–H and O–H groups in total. The quantitative estimate of drug-likeness (QED) is 0.867. The molecule has 5 heteroatoms. The minimum Gasteiger partial charge on any atom is -0.478 e. The number of nitrogens with one attached hydrogen (secondary N) is 1. The second-order valence-corrected chi connectivity index (χ2v) is 5.01. The van der Waals surface area contributed by atoms with Gasteiger partial charge in [-0.05, 0) is 38.0 Å². The zero-order valence-electron chi connectivity index (χ0n) is 12.4. The minimum absolute atomic E-state index is 0.142. The highest BCUT2D eigenvalue weighted by atomic mass is 16.4. The molecule has 0 saturated carbocycles. The number of hydrogen-bond donors (Lipinski definition) is 2. The normalized spacial score (nSPS) is 11.8. The number of urea groups is 1. The molecule has 0 aliphatic rings. The molecule has 0 bridgehead atoms. The number of aryl methyl sites for hydroxylation is 1. The number of carboxylic acids is 1. The lowest BCUT2D eigenvalue weighted by Crippen LogP contribution is -2.38. The van der Waals surface area contributed by atoms with Gasteiger partial charge in [0.1, 0.15) is 0 Å². The largest absolute Gasteiger partial charge is 0.478 e. The van der Waals surface area contributed by atoms with E-state index in [0.717, 1.165) is 18.4 Å². The van der Waals surface area contributed by atoms with Crippen LogP contribution in [0.15, 0.2) is 18.2 Å². The maximum atomic E-state index is 12.1. The van der Waals surface area contributed by atoms with Crippen LogP contribution in [0.5, 0.6) is 0 Å². The van der Waals surface area contributed by atoms with Crippen LogP contribution >= 0.6 is 0 Å². The highest BCUT2D eigenvalue weighted by Crippen LogP contribution is 2.18. The van der Waals surface area contributed by atoms with E-state index < -0.39 is 5.97 Å². The molecule has 20 heavy (non-hydrogen) atoms. The van der Waals surface area contributed by atoms with Crippen LogP contribution < -0.4 is 5.32 Å². The van der Waals surface area contributed by atoms with E-state index in [2.05, 4.69) is 12.2 Å². The van der Waals surface area contributed by atoms with Crippen LogP contribution in [0.25, 0.3) is 0 Å². The Morgan fingerprint density at radius 3 is 2.60 bits per heavy atom. The Morgan fingerprint density at radius 2 is 2.05 bits per heavy atom. The van der Waals surface area contributed by atoms with Crippen LogP contribution in [0.1, 0.15) is 42.6 Å².